The van der Waals surface area contributed by atoms with E-state index < -0.39 is 0 Å². The highest BCUT2D eigenvalue weighted by molar-refractivity contribution is 7.98. The van der Waals surface area contributed by atoms with Gasteiger partial charge in [-0.25, -0.2) is 0 Å². The summed E-state index contributed by atoms with van der Waals surface area (Å²) in [6, 6.07) is 13.8. The molecule has 0 saturated carbocycles. The average Bonchev–Trinajstić information content (AvgIpc) is 2.43. The van der Waals surface area contributed by atoms with Crippen LogP contribution in [0.5, 0.6) is 0 Å². The standard InChI is InChI=1S/C15H15Cl2NS/c1-19-15-5-3-2-4-11(15)14(18)9-10-6-7-12(16)13(17)8-10/h2-8,14H,9,18H2,1H3. The van der Waals surface area contributed by atoms with Crippen LogP contribution in [-0.4, -0.2) is 6.26 Å². The molecule has 2 rings (SSSR count). The highest BCUT2D eigenvalue weighted by Gasteiger charge is 2.11. The lowest BCUT2D eigenvalue weighted by atomic mass is 10.00. The molecular formula is C15H15Cl2NS. The van der Waals surface area contributed by atoms with E-state index in [4.69, 9.17) is 28.9 Å². The second kappa shape index (κ2) is 6.67. The monoisotopic (exact) mass is 311 g/mol. The van der Waals surface area contributed by atoms with Crippen LogP contribution in [0.2, 0.25) is 10.0 Å². The number of rotatable bonds is 4. The lowest BCUT2D eigenvalue weighted by molar-refractivity contribution is 0.708. The zero-order valence-corrected chi connectivity index (χ0v) is 12.9. The van der Waals surface area contributed by atoms with Gasteiger partial charge in [0, 0.05) is 10.9 Å². The molecule has 1 atom stereocenters. The number of nitrogens with two attached hydrogens (primary N) is 1. The van der Waals surface area contributed by atoms with Gasteiger partial charge in [0.1, 0.15) is 0 Å². The lowest BCUT2D eigenvalue weighted by Gasteiger charge is -2.15. The number of benzene rings is 2. The Bertz CT molecular complexity index is 572. The quantitative estimate of drug-likeness (QED) is 0.808. The Morgan fingerprint density at radius 3 is 2.53 bits per heavy atom. The van der Waals surface area contributed by atoms with Crippen molar-refractivity contribution in [1.29, 1.82) is 0 Å². The Morgan fingerprint density at radius 2 is 1.84 bits per heavy atom. The summed E-state index contributed by atoms with van der Waals surface area (Å²) in [6.45, 7) is 0. The van der Waals surface area contributed by atoms with E-state index in [1.807, 2.05) is 30.3 Å². The minimum absolute atomic E-state index is 0.0408. The molecule has 0 amide bonds. The maximum absolute atomic E-state index is 6.30. The Kier molecular flexibility index (Phi) is 5.17. The first-order valence-electron chi connectivity index (χ1n) is 5.94. The predicted octanol–water partition coefficient (Wildman–Crippen LogP) is 4.96. The summed E-state index contributed by atoms with van der Waals surface area (Å²) in [4.78, 5) is 1.22. The molecule has 0 aliphatic carbocycles. The van der Waals surface area contributed by atoms with Crippen LogP contribution in [0.1, 0.15) is 17.2 Å². The van der Waals surface area contributed by atoms with Gasteiger partial charge in [-0.15, -0.1) is 11.8 Å². The van der Waals surface area contributed by atoms with Gasteiger partial charge in [0.05, 0.1) is 10.0 Å². The first-order chi connectivity index (χ1) is 9.11. The number of hydrogen-bond acceptors (Lipinski definition) is 2. The molecule has 0 radical (unpaired) electrons. The molecular weight excluding hydrogens is 297 g/mol. The smallest absolute Gasteiger partial charge is 0.0595 e. The summed E-state index contributed by atoms with van der Waals surface area (Å²) >= 11 is 13.7. The fourth-order valence-corrected chi connectivity index (χ4v) is 2.99. The SMILES string of the molecule is CSc1ccccc1C(N)Cc1ccc(Cl)c(Cl)c1. The second-order valence-corrected chi connectivity index (χ2v) is 5.96. The van der Waals surface area contributed by atoms with Gasteiger partial charge in [-0.05, 0) is 42.0 Å². The molecule has 2 aromatic rings. The van der Waals surface area contributed by atoms with Crippen LogP contribution in [0.15, 0.2) is 47.4 Å². The lowest BCUT2D eigenvalue weighted by Crippen LogP contribution is -2.14. The summed E-state index contributed by atoms with van der Waals surface area (Å²) in [5, 5.41) is 1.15. The molecule has 0 aromatic heterocycles. The van der Waals surface area contributed by atoms with Crippen LogP contribution in [0, 0.1) is 0 Å². The van der Waals surface area contributed by atoms with Crippen molar-refractivity contribution in [3.8, 4) is 0 Å². The molecule has 0 aliphatic rings. The summed E-state index contributed by atoms with van der Waals surface area (Å²) in [5.74, 6) is 0. The van der Waals surface area contributed by atoms with Crippen molar-refractivity contribution in [3.63, 3.8) is 0 Å². The van der Waals surface area contributed by atoms with Crippen LogP contribution < -0.4 is 5.73 Å². The third kappa shape index (κ3) is 3.67. The third-order valence-corrected chi connectivity index (χ3v) is 4.53. The van der Waals surface area contributed by atoms with Crippen molar-refractivity contribution in [3.05, 3.63) is 63.6 Å². The van der Waals surface area contributed by atoms with Crippen LogP contribution in [0.25, 0.3) is 0 Å². The normalized spacial score (nSPS) is 12.4. The van der Waals surface area contributed by atoms with E-state index in [1.54, 1.807) is 11.8 Å². The molecule has 2 N–H and O–H groups in total. The molecule has 4 heteroatoms. The fourth-order valence-electron chi connectivity index (χ4n) is 2.00. The van der Waals surface area contributed by atoms with E-state index in [-0.39, 0.29) is 6.04 Å². The molecule has 0 aliphatic heterocycles. The van der Waals surface area contributed by atoms with E-state index in [0.29, 0.717) is 10.0 Å². The molecule has 100 valence electrons. The van der Waals surface area contributed by atoms with Gasteiger partial charge in [0.25, 0.3) is 0 Å². The molecule has 0 bridgehead atoms. The van der Waals surface area contributed by atoms with Gasteiger partial charge < -0.3 is 5.73 Å². The Balaban J connectivity index is 2.20. The molecule has 0 heterocycles. The van der Waals surface area contributed by atoms with Crippen molar-refractivity contribution >= 4 is 35.0 Å². The minimum atomic E-state index is -0.0408. The van der Waals surface area contributed by atoms with Gasteiger partial charge in [-0.3, -0.25) is 0 Å². The van der Waals surface area contributed by atoms with E-state index in [2.05, 4.69) is 18.4 Å². The van der Waals surface area contributed by atoms with Crippen molar-refractivity contribution in [1.82, 2.24) is 0 Å². The highest BCUT2D eigenvalue weighted by atomic mass is 35.5. The Labute approximate surface area is 128 Å². The summed E-state index contributed by atoms with van der Waals surface area (Å²) < 4.78 is 0. The predicted molar refractivity (Wildman–Crippen MR) is 85.3 cm³/mol. The van der Waals surface area contributed by atoms with Crippen molar-refractivity contribution in [2.45, 2.75) is 17.4 Å². The molecule has 0 saturated heterocycles. The molecule has 1 unspecified atom stereocenters. The topological polar surface area (TPSA) is 26.0 Å². The van der Waals surface area contributed by atoms with Crippen LogP contribution in [0.4, 0.5) is 0 Å². The maximum atomic E-state index is 6.30. The minimum Gasteiger partial charge on any atom is -0.324 e. The average molecular weight is 312 g/mol. The Hall–Kier alpha value is -0.670. The van der Waals surface area contributed by atoms with E-state index >= 15 is 0 Å². The largest absolute Gasteiger partial charge is 0.324 e. The number of hydrogen-bond donors (Lipinski definition) is 1. The summed E-state index contributed by atoms with van der Waals surface area (Å²) in [6.07, 6.45) is 2.80. The molecule has 0 fully saturated rings. The highest BCUT2D eigenvalue weighted by Crippen LogP contribution is 2.28. The zero-order valence-electron chi connectivity index (χ0n) is 10.6. The first kappa shape index (κ1) is 14.7. The second-order valence-electron chi connectivity index (χ2n) is 4.30. The molecule has 0 spiro atoms. The number of halogens is 2. The van der Waals surface area contributed by atoms with Crippen LogP contribution >= 0.6 is 35.0 Å². The summed E-state index contributed by atoms with van der Waals surface area (Å²) in [5.41, 5.74) is 8.56. The molecule has 1 nitrogen and oxygen atoms in total. The van der Waals surface area contributed by atoms with E-state index in [0.717, 1.165) is 12.0 Å². The zero-order chi connectivity index (χ0) is 13.8. The fraction of sp³-hybridized carbons (Fsp3) is 0.200. The molecule has 19 heavy (non-hydrogen) atoms. The van der Waals surface area contributed by atoms with E-state index in [1.165, 1.54) is 10.5 Å². The maximum Gasteiger partial charge on any atom is 0.0595 e. The van der Waals surface area contributed by atoms with Crippen molar-refractivity contribution in [2.24, 2.45) is 5.73 Å². The third-order valence-electron chi connectivity index (χ3n) is 2.98. The van der Waals surface area contributed by atoms with Gasteiger partial charge >= 0.3 is 0 Å². The van der Waals surface area contributed by atoms with Gasteiger partial charge in [0.15, 0.2) is 0 Å². The van der Waals surface area contributed by atoms with Crippen LogP contribution in [-0.2, 0) is 6.42 Å². The van der Waals surface area contributed by atoms with E-state index in [9.17, 15) is 0 Å². The van der Waals surface area contributed by atoms with Gasteiger partial charge in [0.2, 0.25) is 0 Å². The van der Waals surface area contributed by atoms with Crippen LogP contribution in [0.3, 0.4) is 0 Å². The van der Waals surface area contributed by atoms with Crippen molar-refractivity contribution < 1.29 is 0 Å². The Morgan fingerprint density at radius 1 is 1.11 bits per heavy atom. The number of thioether (sulfide) groups is 1. The van der Waals surface area contributed by atoms with Crippen molar-refractivity contribution in [2.75, 3.05) is 6.26 Å². The first-order valence-corrected chi connectivity index (χ1v) is 7.92. The summed E-state index contributed by atoms with van der Waals surface area (Å²) in [7, 11) is 0. The molecule has 2 aromatic carbocycles. The van der Waals surface area contributed by atoms with Gasteiger partial charge in [-0.2, -0.15) is 0 Å². The van der Waals surface area contributed by atoms with Gasteiger partial charge in [-0.1, -0.05) is 47.5 Å².